The summed E-state index contributed by atoms with van der Waals surface area (Å²) in [6, 6.07) is 23.0. The van der Waals surface area contributed by atoms with Crippen molar-refractivity contribution >= 4 is 50.7 Å². The molecule has 1 fully saturated rings. The van der Waals surface area contributed by atoms with E-state index in [9.17, 15) is 9.59 Å². The highest BCUT2D eigenvalue weighted by atomic mass is 32.2. The van der Waals surface area contributed by atoms with Crippen LogP contribution >= 0.6 is 11.8 Å². The lowest BCUT2D eigenvalue weighted by atomic mass is 10.1. The van der Waals surface area contributed by atoms with E-state index in [-0.39, 0.29) is 11.1 Å². The van der Waals surface area contributed by atoms with Gasteiger partial charge < -0.3 is 4.57 Å². The maximum absolute atomic E-state index is 11.9. The number of amides is 2. The fourth-order valence-electron chi connectivity index (χ4n) is 3.61. The normalized spacial score (nSPS) is 15.6. The fourth-order valence-corrected chi connectivity index (χ4v) is 4.28. The quantitative estimate of drug-likeness (QED) is 0.496. The summed E-state index contributed by atoms with van der Waals surface area (Å²) in [6.45, 7) is 0.766. The molecule has 2 heterocycles. The molecule has 0 bridgehead atoms. The Hall–Kier alpha value is -3.31. The summed E-state index contributed by atoms with van der Waals surface area (Å²) in [5, 5.41) is 5.50. The van der Waals surface area contributed by atoms with Crippen LogP contribution in [0.15, 0.2) is 77.8 Å². The van der Waals surface area contributed by atoms with E-state index in [1.54, 1.807) is 6.08 Å². The summed E-state index contributed by atoms with van der Waals surface area (Å²) in [6.07, 6.45) is 3.85. The third kappa shape index (κ3) is 3.00. The van der Waals surface area contributed by atoms with Crippen molar-refractivity contribution in [3.05, 3.63) is 89.0 Å². The van der Waals surface area contributed by atoms with Gasteiger partial charge in [-0.05, 0) is 57.9 Å². The molecule has 5 rings (SSSR count). The van der Waals surface area contributed by atoms with Crippen LogP contribution in [-0.2, 0) is 11.3 Å². The highest BCUT2D eigenvalue weighted by Gasteiger charge is 2.25. The number of hydrogen-bond donors (Lipinski definition) is 1. The molecule has 1 aliphatic heterocycles. The van der Waals surface area contributed by atoms with Gasteiger partial charge in [-0.25, -0.2) is 0 Å². The molecular formula is C23H16N2O2S. The predicted molar refractivity (Wildman–Crippen MR) is 114 cm³/mol. The van der Waals surface area contributed by atoms with E-state index in [0.29, 0.717) is 4.91 Å². The van der Waals surface area contributed by atoms with Crippen LogP contribution in [-0.4, -0.2) is 15.7 Å². The van der Waals surface area contributed by atoms with Gasteiger partial charge in [0.2, 0.25) is 0 Å². The highest BCUT2D eigenvalue weighted by Crippen LogP contribution is 2.29. The molecule has 3 aromatic carbocycles. The molecule has 1 aromatic heterocycles. The molecular weight excluding hydrogens is 368 g/mol. The van der Waals surface area contributed by atoms with Crippen LogP contribution in [0.25, 0.3) is 27.8 Å². The molecule has 28 heavy (non-hydrogen) atoms. The van der Waals surface area contributed by atoms with E-state index >= 15 is 0 Å². The number of nitrogens with one attached hydrogen (secondary N) is 1. The maximum atomic E-state index is 11.9. The zero-order valence-electron chi connectivity index (χ0n) is 14.9. The number of thioether (sulfide) groups is 1. The molecule has 1 N–H and O–H groups in total. The number of carbonyl (C=O) groups excluding carboxylic acids is 2. The zero-order valence-corrected chi connectivity index (χ0v) is 15.7. The number of fused-ring (bicyclic) bond motifs is 2. The van der Waals surface area contributed by atoms with Gasteiger partial charge in [0.15, 0.2) is 0 Å². The molecule has 0 spiro atoms. The average Bonchev–Trinajstić information content (AvgIpc) is 3.25. The van der Waals surface area contributed by atoms with Crippen LogP contribution in [0.3, 0.4) is 0 Å². The Bertz CT molecular complexity index is 1290. The van der Waals surface area contributed by atoms with E-state index < -0.39 is 0 Å². The predicted octanol–water partition coefficient (Wildman–Crippen LogP) is 5.17. The average molecular weight is 384 g/mol. The Balaban J connectivity index is 1.52. The summed E-state index contributed by atoms with van der Waals surface area (Å²) in [7, 11) is 0. The second kappa shape index (κ2) is 6.69. The van der Waals surface area contributed by atoms with Gasteiger partial charge in [-0.3, -0.25) is 14.9 Å². The van der Waals surface area contributed by atoms with Gasteiger partial charge in [0.1, 0.15) is 0 Å². The molecule has 4 aromatic rings. The smallest absolute Gasteiger partial charge is 0.290 e. The van der Waals surface area contributed by atoms with Crippen molar-refractivity contribution in [1.29, 1.82) is 0 Å². The second-order valence-corrected chi connectivity index (χ2v) is 7.77. The Morgan fingerprint density at radius 2 is 1.79 bits per heavy atom. The van der Waals surface area contributed by atoms with Gasteiger partial charge in [-0.15, -0.1) is 0 Å². The fraction of sp³-hybridized carbons (Fsp3) is 0.0435. The van der Waals surface area contributed by atoms with E-state index in [2.05, 4.69) is 64.6 Å². The first-order chi connectivity index (χ1) is 13.7. The number of nitrogens with zero attached hydrogens (tertiary/aromatic N) is 1. The van der Waals surface area contributed by atoms with Gasteiger partial charge in [0.05, 0.1) is 4.91 Å². The standard InChI is InChI=1S/C23H16N2O2S/c26-22-21(28-23(27)24-22)13-18-6-3-7-20-19(18)10-11-25(20)14-15-8-9-16-4-1-2-5-17(16)12-15/h1-13H,14H2,(H,24,26,27). The topological polar surface area (TPSA) is 51.1 Å². The molecule has 0 aliphatic carbocycles. The number of rotatable bonds is 3. The third-order valence-corrected chi connectivity index (χ3v) is 5.75. The molecule has 0 saturated carbocycles. The molecule has 1 aliphatic rings. The van der Waals surface area contributed by atoms with E-state index in [4.69, 9.17) is 0 Å². The van der Waals surface area contributed by atoms with Gasteiger partial charge >= 0.3 is 0 Å². The van der Waals surface area contributed by atoms with Crippen LogP contribution in [0.1, 0.15) is 11.1 Å². The van der Waals surface area contributed by atoms with E-state index in [0.717, 1.165) is 34.8 Å². The molecule has 0 radical (unpaired) electrons. The lowest BCUT2D eigenvalue weighted by Crippen LogP contribution is -2.17. The van der Waals surface area contributed by atoms with Crippen LogP contribution in [0.5, 0.6) is 0 Å². The lowest BCUT2D eigenvalue weighted by molar-refractivity contribution is -0.115. The van der Waals surface area contributed by atoms with Crippen LogP contribution in [0.2, 0.25) is 0 Å². The van der Waals surface area contributed by atoms with Crippen molar-refractivity contribution in [3.63, 3.8) is 0 Å². The monoisotopic (exact) mass is 384 g/mol. The molecule has 0 atom stereocenters. The summed E-state index contributed by atoms with van der Waals surface area (Å²) in [5.74, 6) is -0.331. The van der Waals surface area contributed by atoms with Gasteiger partial charge in [-0.2, -0.15) is 0 Å². The van der Waals surface area contributed by atoms with Crippen LogP contribution < -0.4 is 5.32 Å². The van der Waals surface area contributed by atoms with Crippen molar-refractivity contribution in [3.8, 4) is 0 Å². The van der Waals surface area contributed by atoms with Crippen molar-refractivity contribution in [2.24, 2.45) is 0 Å². The SMILES string of the molecule is O=C1NC(=O)C(=Cc2cccc3c2ccn3Cc2ccc3ccccc3c2)S1. The first-order valence-electron chi connectivity index (χ1n) is 8.98. The van der Waals surface area contributed by atoms with Crippen molar-refractivity contribution in [2.45, 2.75) is 6.54 Å². The number of carbonyl (C=O) groups is 2. The lowest BCUT2D eigenvalue weighted by Gasteiger charge is -2.08. The van der Waals surface area contributed by atoms with Crippen molar-refractivity contribution in [1.82, 2.24) is 9.88 Å². The second-order valence-electron chi connectivity index (χ2n) is 6.76. The Labute approximate surface area is 165 Å². The molecule has 4 nitrogen and oxygen atoms in total. The first kappa shape index (κ1) is 16.8. The van der Waals surface area contributed by atoms with Crippen LogP contribution in [0.4, 0.5) is 4.79 Å². The van der Waals surface area contributed by atoms with Crippen LogP contribution in [0, 0.1) is 0 Å². The number of aromatic nitrogens is 1. The van der Waals surface area contributed by atoms with Gasteiger partial charge in [0, 0.05) is 23.6 Å². The molecule has 1 saturated heterocycles. The molecule has 136 valence electrons. The minimum Gasteiger partial charge on any atom is -0.343 e. The minimum absolute atomic E-state index is 0.322. The summed E-state index contributed by atoms with van der Waals surface area (Å²) < 4.78 is 2.20. The summed E-state index contributed by atoms with van der Waals surface area (Å²) in [4.78, 5) is 23.7. The minimum atomic E-state index is -0.331. The van der Waals surface area contributed by atoms with Gasteiger partial charge in [-0.1, -0.05) is 48.5 Å². The Morgan fingerprint density at radius 1 is 0.929 bits per heavy atom. The molecule has 0 unspecified atom stereocenters. The Morgan fingerprint density at radius 3 is 2.61 bits per heavy atom. The maximum Gasteiger partial charge on any atom is 0.290 e. The van der Waals surface area contributed by atoms with Crippen molar-refractivity contribution in [2.75, 3.05) is 0 Å². The largest absolute Gasteiger partial charge is 0.343 e. The molecule has 2 amide bonds. The van der Waals surface area contributed by atoms with E-state index in [1.165, 1.54) is 16.3 Å². The summed E-state index contributed by atoms with van der Waals surface area (Å²) >= 11 is 0.942. The van der Waals surface area contributed by atoms with E-state index in [1.807, 2.05) is 18.2 Å². The number of imide groups is 1. The summed E-state index contributed by atoms with van der Waals surface area (Å²) in [5.41, 5.74) is 3.26. The van der Waals surface area contributed by atoms with Gasteiger partial charge in [0.25, 0.3) is 11.1 Å². The highest BCUT2D eigenvalue weighted by molar-refractivity contribution is 8.18. The Kier molecular flexibility index (Phi) is 4.02. The first-order valence-corrected chi connectivity index (χ1v) is 9.79. The number of benzene rings is 3. The van der Waals surface area contributed by atoms with Crippen molar-refractivity contribution < 1.29 is 9.59 Å². The molecule has 5 heteroatoms. The zero-order chi connectivity index (χ0) is 19.1. The third-order valence-electron chi connectivity index (χ3n) is 4.94. The number of hydrogen-bond acceptors (Lipinski definition) is 3.